The lowest BCUT2D eigenvalue weighted by atomic mass is 9.99. The minimum Gasteiger partial charge on any atom is -0.466 e. The molecule has 2 N–H and O–H groups in total. The van der Waals surface area contributed by atoms with Gasteiger partial charge in [0.25, 0.3) is 5.91 Å². The van der Waals surface area contributed by atoms with Crippen LogP contribution in [-0.2, 0) is 9.59 Å². The van der Waals surface area contributed by atoms with Crippen LogP contribution in [0.5, 0.6) is 0 Å². The minimum atomic E-state index is -0.258. The summed E-state index contributed by atoms with van der Waals surface area (Å²) in [6, 6.07) is 1.55. The summed E-state index contributed by atoms with van der Waals surface area (Å²) in [7, 11) is 0. The number of rotatable bonds is 4. The molecular formula is C19H28ClN3O4. The Morgan fingerprint density at radius 3 is 2.41 bits per heavy atom. The van der Waals surface area contributed by atoms with Gasteiger partial charge in [0, 0.05) is 31.6 Å². The second kappa shape index (κ2) is 8.89. The Bertz CT molecular complexity index is 710. The molecule has 1 aromatic rings. The molecule has 2 amide bonds. The van der Waals surface area contributed by atoms with E-state index in [0.29, 0.717) is 37.4 Å². The molecule has 0 spiro atoms. The van der Waals surface area contributed by atoms with E-state index in [-0.39, 0.29) is 48.0 Å². The zero-order valence-corrected chi connectivity index (χ0v) is 16.9. The van der Waals surface area contributed by atoms with Gasteiger partial charge in [-0.1, -0.05) is 0 Å². The highest BCUT2D eigenvalue weighted by Gasteiger charge is 2.35. The van der Waals surface area contributed by atoms with Crippen molar-refractivity contribution >= 4 is 30.0 Å². The number of nitrogens with one attached hydrogen (secondary N) is 2. The Balaban J connectivity index is 0.00000261. The number of Topliss-reactive ketones (excluding diaryl/α,β-unsaturated/α-hetero) is 1. The van der Waals surface area contributed by atoms with Crippen molar-refractivity contribution in [1.29, 1.82) is 0 Å². The number of ketones is 1. The highest BCUT2D eigenvalue weighted by molar-refractivity contribution is 5.95. The van der Waals surface area contributed by atoms with Gasteiger partial charge in [0.15, 0.2) is 0 Å². The molecule has 1 aromatic heterocycles. The first-order valence-electron chi connectivity index (χ1n) is 9.25. The van der Waals surface area contributed by atoms with Gasteiger partial charge in [-0.2, -0.15) is 0 Å². The number of likely N-dealkylation sites (tertiary alicyclic amines) is 1. The maximum Gasteiger partial charge on any atom is 0.255 e. The molecular weight excluding hydrogens is 370 g/mol. The zero-order chi connectivity index (χ0) is 18.8. The molecule has 2 aliphatic rings. The molecule has 0 radical (unpaired) electrons. The summed E-state index contributed by atoms with van der Waals surface area (Å²) in [5.74, 6) is 1.38. The fourth-order valence-corrected chi connectivity index (χ4v) is 3.82. The SMILES string of the molecule is CC(=O)C1CNC(C(=O)N2CCC(NC(=O)c3cc(C)oc3C)CC2)C1.Cl. The summed E-state index contributed by atoms with van der Waals surface area (Å²) < 4.78 is 5.41. The third kappa shape index (κ3) is 4.90. The largest absolute Gasteiger partial charge is 0.466 e. The van der Waals surface area contributed by atoms with Crippen molar-refractivity contribution in [2.24, 2.45) is 5.92 Å². The van der Waals surface area contributed by atoms with Crippen LogP contribution in [0.25, 0.3) is 0 Å². The Morgan fingerprint density at radius 1 is 1.22 bits per heavy atom. The molecule has 2 saturated heterocycles. The molecule has 0 aromatic carbocycles. The summed E-state index contributed by atoms with van der Waals surface area (Å²) >= 11 is 0. The summed E-state index contributed by atoms with van der Waals surface area (Å²) in [6.07, 6.45) is 2.05. The van der Waals surface area contributed by atoms with Gasteiger partial charge in [-0.25, -0.2) is 0 Å². The number of aryl methyl sites for hydroxylation is 2. The molecule has 150 valence electrons. The third-order valence-electron chi connectivity index (χ3n) is 5.43. The third-order valence-corrected chi connectivity index (χ3v) is 5.43. The van der Waals surface area contributed by atoms with Crippen LogP contribution in [0, 0.1) is 19.8 Å². The normalized spacial score (nSPS) is 23.0. The first-order valence-corrected chi connectivity index (χ1v) is 9.25. The number of amides is 2. The molecule has 2 aliphatic heterocycles. The second-order valence-electron chi connectivity index (χ2n) is 7.40. The number of carbonyl (C=O) groups excluding carboxylic acids is 3. The lowest BCUT2D eigenvalue weighted by molar-refractivity contribution is -0.134. The topological polar surface area (TPSA) is 91.7 Å². The lowest BCUT2D eigenvalue weighted by Crippen LogP contribution is -2.50. The molecule has 3 heterocycles. The van der Waals surface area contributed by atoms with Gasteiger partial charge >= 0.3 is 0 Å². The van der Waals surface area contributed by atoms with Crippen LogP contribution in [-0.4, -0.2) is 54.2 Å². The van der Waals surface area contributed by atoms with E-state index in [2.05, 4.69) is 10.6 Å². The highest BCUT2D eigenvalue weighted by Crippen LogP contribution is 2.20. The fraction of sp³-hybridized carbons (Fsp3) is 0.632. The van der Waals surface area contributed by atoms with Crippen molar-refractivity contribution in [3.63, 3.8) is 0 Å². The van der Waals surface area contributed by atoms with E-state index in [9.17, 15) is 14.4 Å². The average Bonchev–Trinajstić information content (AvgIpc) is 3.21. The molecule has 0 bridgehead atoms. The van der Waals surface area contributed by atoms with Gasteiger partial charge in [0.2, 0.25) is 5.91 Å². The molecule has 8 heteroatoms. The van der Waals surface area contributed by atoms with E-state index in [1.54, 1.807) is 19.9 Å². The summed E-state index contributed by atoms with van der Waals surface area (Å²) in [5.41, 5.74) is 0.575. The van der Waals surface area contributed by atoms with Crippen LogP contribution in [0.3, 0.4) is 0 Å². The van der Waals surface area contributed by atoms with Gasteiger partial charge in [-0.05, 0) is 46.1 Å². The predicted molar refractivity (Wildman–Crippen MR) is 103 cm³/mol. The molecule has 0 aliphatic carbocycles. The number of halogens is 1. The van der Waals surface area contributed by atoms with Crippen LogP contribution in [0.2, 0.25) is 0 Å². The maximum absolute atomic E-state index is 12.6. The first-order chi connectivity index (χ1) is 12.3. The molecule has 27 heavy (non-hydrogen) atoms. The Morgan fingerprint density at radius 2 is 1.89 bits per heavy atom. The van der Waals surface area contributed by atoms with Crippen molar-refractivity contribution in [2.75, 3.05) is 19.6 Å². The van der Waals surface area contributed by atoms with Crippen LogP contribution < -0.4 is 10.6 Å². The molecule has 2 atom stereocenters. The van der Waals surface area contributed by atoms with Crippen LogP contribution >= 0.6 is 12.4 Å². The number of nitrogens with zero attached hydrogens (tertiary/aromatic N) is 1. The van der Waals surface area contributed by atoms with Crippen molar-refractivity contribution in [3.05, 3.63) is 23.2 Å². The molecule has 2 fully saturated rings. The molecule has 2 unspecified atom stereocenters. The minimum absolute atomic E-state index is 0. The summed E-state index contributed by atoms with van der Waals surface area (Å²) in [5, 5.41) is 6.21. The van der Waals surface area contributed by atoms with E-state index < -0.39 is 0 Å². The number of hydrogen-bond acceptors (Lipinski definition) is 5. The summed E-state index contributed by atoms with van der Waals surface area (Å²) in [6.45, 7) is 7.01. The van der Waals surface area contributed by atoms with Crippen molar-refractivity contribution in [2.45, 2.75) is 52.1 Å². The van der Waals surface area contributed by atoms with Gasteiger partial charge in [-0.3, -0.25) is 14.4 Å². The maximum atomic E-state index is 12.6. The van der Waals surface area contributed by atoms with E-state index in [1.807, 2.05) is 11.8 Å². The van der Waals surface area contributed by atoms with Crippen LogP contribution in [0.4, 0.5) is 0 Å². The Kier molecular flexibility index (Phi) is 7.06. The highest BCUT2D eigenvalue weighted by atomic mass is 35.5. The van der Waals surface area contributed by atoms with Crippen LogP contribution in [0.1, 0.15) is 48.1 Å². The van der Waals surface area contributed by atoms with E-state index >= 15 is 0 Å². The van der Waals surface area contributed by atoms with Gasteiger partial charge in [0.1, 0.15) is 17.3 Å². The van der Waals surface area contributed by atoms with Gasteiger partial charge in [0.05, 0.1) is 11.6 Å². The Hall–Kier alpha value is -1.86. The molecule has 3 rings (SSSR count). The van der Waals surface area contributed by atoms with E-state index in [4.69, 9.17) is 4.42 Å². The monoisotopic (exact) mass is 397 g/mol. The molecule has 0 saturated carbocycles. The van der Waals surface area contributed by atoms with E-state index in [1.165, 1.54) is 0 Å². The standard InChI is InChI=1S/C19H27N3O4.ClH/c1-11-8-16(13(3)26-11)18(24)21-15-4-6-22(7-5-15)19(25)17-9-14(10-20-17)12(2)23;/h8,14-15,17,20H,4-7,9-10H2,1-3H3,(H,21,24);1H. The smallest absolute Gasteiger partial charge is 0.255 e. The van der Waals surface area contributed by atoms with Crippen molar-refractivity contribution < 1.29 is 18.8 Å². The average molecular weight is 398 g/mol. The number of furan rings is 1. The quantitative estimate of drug-likeness (QED) is 0.805. The fourth-order valence-electron chi connectivity index (χ4n) is 3.82. The van der Waals surface area contributed by atoms with Gasteiger partial charge < -0.3 is 20.0 Å². The zero-order valence-electron chi connectivity index (χ0n) is 16.0. The van der Waals surface area contributed by atoms with Crippen LogP contribution in [0.15, 0.2) is 10.5 Å². The summed E-state index contributed by atoms with van der Waals surface area (Å²) in [4.78, 5) is 38.3. The first kappa shape index (κ1) is 21.4. The lowest BCUT2D eigenvalue weighted by Gasteiger charge is -2.33. The predicted octanol–water partition coefficient (Wildman–Crippen LogP) is 1.61. The Labute approximate surface area is 165 Å². The number of piperidine rings is 1. The molecule has 7 nitrogen and oxygen atoms in total. The number of carbonyl (C=O) groups is 3. The van der Waals surface area contributed by atoms with Gasteiger partial charge in [-0.15, -0.1) is 12.4 Å². The van der Waals surface area contributed by atoms with Crippen molar-refractivity contribution in [1.82, 2.24) is 15.5 Å². The number of hydrogen-bond donors (Lipinski definition) is 2. The van der Waals surface area contributed by atoms with E-state index in [0.717, 1.165) is 18.6 Å². The second-order valence-corrected chi connectivity index (χ2v) is 7.40. The van der Waals surface area contributed by atoms with Crippen molar-refractivity contribution in [3.8, 4) is 0 Å².